The van der Waals surface area contributed by atoms with Crippen LogP contribution in [0.4, 0.5) is 8.78 Å². The van der Waals surface area contributed by atoms with Crippen LogP contribution in [0.25, 0.3) is 0 Å². The minimum atomic E-state index is -2.84. The molecular weight excluding hydrogens is 392 g/mol. The van der Waals surface area contributed by atoms with Gasteiger partial charge >= 0.3 is 6.61 Å². The van der Waals surface area contributed by atoms with E-state index < -0.39 is 6.61 Å². The van der Waals surface area contributed by atoms with E-state index in [1.165, 1.54) is 12.1 Å². The number of halogens is 3. The Bertz CT molecular complexity index is 736. The zero-order chi connectivity index (χ0) is 17.8. The lowest BCUT2D eigenvalue weighted by atomic mass is 10.0. The van der Waals surface area contributed by atoms with Crippen molar-refractivity contribution in [1.82, 2.24) is 4.90 Å². The molecule has 1 atom stereocenters. The summed E-state index contributed by atoms with van der Waals surface area (Å²) in [5, 5.41) is 0. The predicted octanol–water partition coefficient (Wildman–Crippen LogP) is 4.96. The first-order valence-corrected chi connectivity index (χ1v) is 8.91. The van der Waals surface area contributed by atoms with Gasteiger partial charge in [-0.15, -0.1) is 0 Å². The van der Waals surface area contributed by atoms with Crippen LogP contribution in [-0.2, 0) is 11.2 Å². The van der Waals surface area contributed by atoms with Crippen LogP contribution in [-0.4, -0.2) is 24.0 Å². The van der Waals surface area contributed by atoms with Gasteiger partial charge in [0, 0.05) is 11.0 Å². The number of carbonyl (C=O) groups is 1. The van der Waals surface area contributed by atoms with Crippen LogP contribution in [0.15, 0.2) is 53.0 Å². The smallest absolute Gasteiger partial charge is 0.387 e. The molecule has 1 unspecified atom stereocenters. The number of nitrogens with zero attached hydrogens (tertiary/aromatic N) is 1. The number of hydrogen-bond acceptors (Lipinski definition) is 2. The van der Waals surface area contributed by atoms with Gasteiger partial charge in [0.1, 0.15) is 5.75 Å². The molecule has 2 aromatic rings. The molecule has 1 amide bonds. The molecule has 1 fully saturated rings. The molecule has 3 rings (SSSR count). The van der Waals surface area contributed by atoms with Crippen molar-refractivity contribution < 1.29 is 18.3 Å². The minimum Gasteiger partial charge on any atom is -0.435 e. The second-order valence-corrected chi connectivity index (χ2v) is 6.92. The zero-order valence-electron chi connectivity index (χ0n) is 13.5. The quantitative estimate of drug-likeness (QED) is 0.698. The summed E-state index contributed by atoms with van der Waals surface area (Å²) in [6, 6.07) is 14.3. The number of benzene rings is 2. The third kappa shape index (κ3) is 4.57. The van der Waals surface area contributed by atoms with E-state index in [1.54, 1.807) is 12.1 Å². The van der Waals surface area contributed by atoms with Gasteiger partial charge < -0.3 is 9.64 Å². The molecule has 0 aromatic heterocycles. The van der Waals surface area contributed by atoms with Crippen molar-refractivity contribution in [3.63, 3.8) is 0 Å². The Morgan fingerprint density at radius 3 is 2.68 bits per heavy atom. The lowest BCUT2D eigenvalue weighted by molar-refractivity contribution is -0.131. The number of hydrogen-bond donors (Lipinski definition) is 0. The van der Waals surface area contributed by atoms with Crippen molar-refractivity contribution in [2.24, 2.45) is 0 Å². The minimum absolute atomic E-state index is 0.0463. The monoisotopic (exact) mass is 409 g/mol. The number of carbonyl (C=O) groups excluding carboxylic acids is 1. The Morgan fingerprint density at radius 2 is 2.00 bits per heavy atom. The number of ether oxygens (including phenoxy) is 1. The van der Waals surface area contributed by atoms with E-state index in [4.69, 9.17) is 0 Å². The first-order chi connectivity index (χ1) is 12.0. The van der Waals surface area contributed by atoms with E-state index in [2.05, 4.69) is 20.7 Å². The van der Waals surface area contributed by atoms with E-state index in [-0.39, 0.29) is 24.1 Å². The molecule has 0 N–H and O–H groups in total. The highest BCUT2D eigenvalue weighted by Gasteiger charge is 2.29. The van der Waals surface area contributed by atoms with E-state index >= 15 is 0 Å². The fourth-order valence-corrected chi connectivity index (χ4v) is 3.61. The normalized spacial score (nSPS) is 17.1. The number of likely N-dealkylation sites (tertiary alicyclic amines) is 1. The highest BCUT2D eigenvalue weighted by atomic mass is 79.9. The topological polar surface area (TPSA) is 29.5 Å². The Morgan fingerprint density at radius 1 is 1.24 bits per heavy atom. The van der Waals surface area contributed by atoms with Crippen LogP contribution < -0.4 is 4.74 Å². The van der Waals surface area contributed by atoms with Crippen molar-refractivity contribution in [1.29, 1.82) is 0 Å². The molecular formula is C19H18BrF2NO2. The van der Waals surface area contributed by atoms with Gasteiger partial charge in [-0.3, -0.25) is 4.79 Å². The molecule has 0 saturated carbocycles. The van der Waals surface area contributed by atoms with Crippen LogP contribution in [0.1, 0.15) is 30.0 Å². The molecule has 1 heterocycles. The predicted molar refractivity (Wildman–Crippen MR) is 94.6 cm³/mol. The van der Waals surface area contributed by atoms with Crippen LogP contribution in [0.2, 0.25) is 0 Å². The van der Waals surface area contributed by atoms with Crippen molar-refractivity contribution in [2.75, 3.05) is 6.54 Å². The zero-order valence-corrected chi connectivity index (χ0v) is 15.1. The standard InChI is InChI=1S/C19H18BrF2NO2/c20-15-4-1-3-14(12-15)17-5-2-10-23(17)18(24)11-13-6-8-16(9-7-13)25-19(21)22/h1,3-4,6-9,12,17,19H,2,5,10-11H2. The van der Waals surface area contributed by atoms with Gasteiger partial charge in [-0.2, -0.15) is 8.78 Å². The molecule has 6 heteroatoms. The van der Waals surface area contributed by atoms with Crippen LogP contribution in [0.3, 0.4) is 0 Å². The fourth-order valence-electron chi connectivity index (χ4n) is 3.19. The second-order valence-electron chi connectivity index (χ2n) is 6.00. The highest BCUT2D eigenvalue weighted by molar-refractivity contribution is 9.10. The summed E-state index contributed by atoms with van der Waals surface area (Å²) in [5.74, 6) is 0.143. The van der Waals surface area contributed by atoms with Crippen molar-refractivity contribution in [3.8, 4) is 5.75 Å². The third-order valence-electron chi connectivity index (χ3n) is 4.31. The molecule has 1 aliphatic heterocycles. The summed E-state index contributed by atoms with van der Waals surface area (Å²) in [6.07, 6.45) is 2.17. The molecule has 0 aliphatic carbocycles. The lowest BCUT2D eigenvalue weighted by Crippen LogP contribution is -2.31. The first-order valence-electron chi connectivity index (χ1n) is 8.11. The van der Waals surface area contributed by atoms with Gasteiger partial charge in [-0.05, 0) is 48.2 Å². The number of alkyl halides is 2. The molecule has 132 valence electrons. The molecule has 0 radical (unpaired) electrons. The maximum atomic E-state index is 12.7. The van der Waals surface area contributed by atoms with E-state index in [0.29, 0.717) is 0 Å². The summed E-state index contributed by atoms with van der Waals surface area (Å²) >= 11 is 3.47. The fraction of sp³-hybridized carbons (Fsp3) is 0.316. The highest BCUT2D eigenvalue weighted by Crippen LogP contribution is 2.33. The maximum absolute atomic E-state index is 12.7. The van der Waals surface area contributed by atoms with Gasteiger partial charge in [0.2, 0.25) is 5.91 Å². The Hall–Kier alpha value is -1.95. The van der Waals surface area contributed by atoms with Gasteiger partial charge in [0.05, 0.1) is 12.5 Å². The van der Waals surface area contributed by atoms with Crippen molar-refractivity contribution in [2.45, 2.75) is 31.9 Å². The molecule has 2 aromatic carbocycles. The van der Waals surface area contributed by atoms with Gasteiger partial charge in [0.15, 0.2) is 0 Å². The van der Waals surface area contributed by atoms with Crippen molar-refractivity contribution >= 4 is 21.8 Å². The summed E-state index contributed by atoms with van der Waals surface area (Å²) in [4.78, 5) is 14.6. The van der Waals surface area contributed by atoms with Gasteiger partial charge in [-0.1, -0.05) is 40.2 Å². The molecule has 0 spiro atoms. The summed E-state index contributed by atoms with van der Waals surface area (Å²) in [7, 11) is 0. The van der Waals surface area contributed by atoms with Crippen LogP contribution >= 0.6 is 15.9 Å². The Labute approximate surface area is 153 Å². The second kappa shape index (κ2) is 7.95. The number of rotatable bonds is 5. The largest absolute Gasteiger partial charge is 0.435 e. The van der Waals surface area contributed by atoms with E-state index in [1.807, 2.05) is 29.2 Å². The maximum Gasteiger partial charge on any atom is 0.387 e. The SMILES string of the molecule is O=C(Cc1ccc(OC(F)F)cc1)N1CCCC1c1cccc(Br)c1. The summed E-state index contributed by atoms with van der Waals surface area (Å²) in [6.45, 7) is -2.11. The Kier molecular flexibility index (Phi) is 5.68. The third-order valence-corrected chi connectivity index (χ3v) is 4.80. The average Bonchev–Trinajstić information content (AvgIpc) is 3.06. The lowest BCUT2D eigenvalue weighted by Gasteiger charge is -2.25. The first kappa shape index (κ1) is 17.9. The van der Waals surface area contributed by atoms with Crippen LogP contribution in [0.5, 0.6) is 5.75 Å². The molecule has 1 aliphatic rings. The summed E-state index contributed by atoms with van der Waals surface area (Å²) in [5.41, 5.74) is 1.91. The summed E-state index contributed by atoms with van der Waals surface area (Å²) < 4.78 is 29.7. The molecule has 0 bridgehead atoms. The molecule has 1 saturated heterocycles. The molecule has 3 nitrogen and oxygen atoms in total. The van der Waals surface area contributed by atoms with E-state index in [9.17, 15) is 13.6 Å². The Balaban J connectivity index is 1.67. The molecule has 25 heavy (non-hydrogen) atoms. The van der Waals surface area contributed by atoms with Gasteiger partial charge in [-0.25, -0.2) is 0 Å². The van der Waals surface area contributed by atoms with E-state index in [0.717, 1.165) is 35.0 Å². The average molecular weight is 410 g/mol. The van der Waals surface area contributed by atoms with Crippen LogP contribution in [0, 0.1) is 0 Å². The number of amides is 1. The van der Waals surface area contributed by atoms with Gasteiger partial charge in [0.25, 0.3) is 0 Å². The van der Waals surface area contributed by atoms with Crippen molar-refractivity contribution in [3.05, 3.63) is 64.1 Å².